The second-order valence-corrected chi connectivity index (χ2v) is 8.09. The average molecular weight is 451 g/mol. The second-order valence-electron chi connectivity index (χ2n) is 8.09. The molecule has 0 bridgehead atoms. The van der Waals surface area contributed by atoms with E-state index in [-0.39, 0.29) is 23.9 Å². The van der Waals surface area contributed by atoms with Crippen molar-refractivity contribution in [3.05, 3.63) is 22.7 Å². The fraction of sp³-hybridized carbons (Fsp3) is 0.636. The zero-order chi connectivity index (χ0) is 24.3. The molecule has 4 N–H and O–H groups in total. The number of carbonyl (C=O) groups excluding carboxylic acids is 4. The number of nitrogens with one attached hydrogen (secondary N) is 4. The predicted molar refractivity (Wildman–Crippen MR) is 123 cm³/mol. The first-order valence-corrected chi connectivity index (χ1v) is 11.0. The van der Waals surface area contributed by atoms with Gasteiger partial charge in [0.1, 0.15) is 5.70 Å². The molecule has 0 spiro atoms. The third kappa shape index (κ3) is 7.08. The Bertz CT molecular complexity index is 683. The van der Waals surface area contributed by atoms with Crippen LogP contribution in [0, 0.1) is 0 Å². The summed E-state index contributed by atoms with van der Waals surface area (Å²) in [6.07, 6.45) is 3.82. The van der Waals surface area contributed by atoms with Crippen molar-refractivity contribution in [3.8, 4) is 0 Å². The first-order chi connectivity index (χ1) is 15.2. The fourth-order valence-electron chi connectivity index (χ4n) is 3.42. The number of nitrogens with zero attached hydrogens (tertiary/aromatic N) is 2. The van der Waals surface area contributed by atoms with Crippen LogP contribution in [0.2, 0.25) is 0 Å². The Kier molecular flexibility index (Phi) is 11.5. The molecule has 2 aliphatic rings. The van der Waals surface area contributed by atoms with E-state index in [1.165, 1.54) is 9.80 Å². The minimum atomic E-state index is -0.256. The molecule has 0 fully saturated rings. The van der Waals surface area contributed by atoms with Crippen molar-refractivity contribution in [2.75, 3.05) is 33.7 Å². The van der Waals surface area contributed by atoms with Crippen LogP contribution in [-0.2, 0) is 19.2 Å². The van der Waals surface area contributed by atoms with E-state index in [4.69, 9.17) is 0 Å². The minimum absolute atomic E-state index is 0.113. The minimum Gasteiger partial charge on any atom is -0.391 e. The van der Waals surface area contributed by atoms with Crippen molar-refractivity contribution >= 4 is 24.6 Å². The fourth-order valence-corrected chi connectivity index (χ4v) is 3.42. The Balaban J connectivity index is 0.000000320. The Labute approximate surface area is 190 Å². The summed E-state index contributed by atoms with van der Waals surface area (Å²) in [5.74, 6) is -0.462. The van der Waals surface area contributed by atoms with Gasteiger partial charge in [0.05, 0.1) is 5.57 Å². The van der Waals surface area contributed by atoms with Gasteiger partial charge in [0.25, 0.3) is 11.8 Å². The van der Waals surface area contributed by atoms with E-state index in [0.717, 1.165) is 43.7 Å². The lowest BCUT2D eigenvalue weighted by Crippen LogP contribution is -2.43. The Morgan fingerprint density at radius 2 is 1.44 bits per heavy atom. The summed E-state index contributed by atoms with van der Waals surface area (Å²) >= 11 is 0. The molecule has 4 amide bonds. The summed E-state index contributed by atoms with van der Waals surface area (Å²) in [6, 6.07) is -0.239. The van der Waals surface area contributed by atoms with E-state index < -0.39 is 0 Å². The maximum atomic E-state index is 12.1. The van der Waals surface area contributed by atoms with Crippen LogP contribution in [0.3, 0.4) is 0 Å². The molecule has 2 rings (SSSR count). The molecule has 10 heteroatoms. The highest BCUT2D eigenvalue weighted by atomic mass is 16.2. The molecule has 0 unspecified atom stereocenters. The van der Waals surface area contributed by atoms with E-state index in [1.54, 1.807) is 14.1 Å². The zero-order valence-corrected chi connectivity index (χ0v) is 20.1. The third-order valence-corrected chi connectivity index (χ3v) is 5.31. The first-order valence-electron chi connectivity index (χ1n) is 11.0. The van der Waals surface area contributed by atoms with Gasteiger partial charge in [-0.25, -0.2) is 0 Å². The van der Waals surface area contributed by atoms with Gasteiger partial charge in [0.15, 0.2) is 0 Å². The quantitative estimate of drug-likeness (QED) is 0.383. The first kappa shape index (κ1) is 27.2. The van der Waals surface area contributed by atoms with Crippen LogP contribution in [0.25, 0.3) is 0 Å². The van der Waals surface area contributed by atoms with E-state index in [2.05, 4.69) is 21.3 Å². The lowest BCUT2D eigenvalue weighted by Gasteiger charge is -2.26. The molecule has 0 saturated heterocycles. The topological polar surface area (TPSA) is 123 Å². The van der Waals surface area contributed by atoms with Gasteiger partial charge in [-0.1, -0.05) is 0 Å². The number of allylic oxidation sites excluding steroid dienone is 1. The average Bonchev–Trinajstić information content (AvgIpc) is 2.79. The smallest absolute Gasteiger partial charge is 0.278 e. The van der Waals surface area contributed by atoms with E-state index >= 15 is 0 Å². The van der Waals surface area contributed by atoms with Gasteiger partial charge in [-0.3, -0.25) is 29.0 Å². The highest BCUT2D eigenvalue weighted by molar-refractivity contribution is 6.00. The molecule has 0 saturated carbocycles. The molecule has 0 aromatic carbocycles. The van der Waals surface area contributed by atoms with Gasteiger partial charge in [-0.2, -0.15) is 0 Å². The third-order valence-electron chi connectivity index (χ3n) is 5.31. The summed E-state index contributed by atoms with van der Waals surface area (Å²) in [7, 11) is 3.59. The van der Waals surface area contributed by atoms with Gasteiger partial charge in [-0.15, -0.1) is 0 Å². The predicted octanol–water partition coefficient (Wildman–Crippen LogP) is 0.0408. The molecule has 32 heavy (non-hydrogen) atoms. The van der Waals surface area contributed by atoms with Crippen LogP contribution >= 0.6 is 0 Å². The zero-order valence-electron chi connectivity index (χ0n) is 20.1. The SMILES string of the molecule is CNC1=C(C(=O)N(C=O)C(C)C)CNCC1.CNC1=C(C(=O)N(C=O)C(C)C)NCCC1. The summed E-state index contributed by atoms with van der Waals surface area (Å²) in [5.41, 5.74) is 2.99. The van der Waals surface area contributed by atoms with Gasteiger partial charge < -0.3 is 21.3 Å². The number of hydrogen-bond acceptors (Lipinski definition) is 8. The molecule has 0 aromatic heterocycles. The molecule has 10 nitrogen and oxygen atoms in total. The van der Waals surface area contributed by atoms with Crippen LogP contribution in [0.4, 0.5) is 0 Å². The molecule has 0 aromatic rings. The Morgan fingerprint density at radius 1 is 0.875 bits per heavy atom. The van der Waals surface area contributed by atoms with Crippen molar-refractivity contribution in [1.29, 1.82) is 0 Å². The van der Waals surface area contributed by atoms with Crippen molar-refractivity contribution in [2.45, 2.75) is 59.0 Å². The highest BCUT2D eigenvalue weighted by Gasteiger charge is 2.25. The van der Waals surface area contributed by atoms with Gasteiger partial charge in [0.2, 0.25) is 12.8 Å². The molecule has 2 aliphatic heterocycles. The second kappa shape index (κ2) is 13.5. The Morgan fingerprint density at radius 3 is 1.94 bits per heavy atom. The number of carbonyl (C=O) groups is 4. The summed E-state index contributed by atoms with van der Waals surface area (Å²) in [5, 5.41) is 12.2. The molecule has 0 radical (unpaired) electrons. The van der Waals surface area contributed by atoms with E-state index in [9.17, 15) is 19.2 Å². The highest BCUT2D eigenvalue weighted by Crippen LogP contribution is 2.15. The van der Waals surface area contributed by atoms with Crippen molar-refractivity contribution in [2.24, 2.45) is 0 Å². The number of hydrogen-bond donors (Lipinski definition) is 4. The summed E-state index contributed by atoms with van der Waals surface area (Å²) in [6.45, 7) is 9.42. The van der Waals surface area contributed by atoms with Crippen LogP contribution in [0.1, 0.15) is 47.0 Å². The van der Waals surface area contributed by atoms with Crippen molar-refractivity contribution < 1.29 is 19.2 Å². The molecule has 2 heterocycles. The molecular weight excluding hydrogens is 412 g/mol. The summed E-state index contributed by atoms with van der Waals surface area (Å²) in [4.78, 5) is 48.3. The monoisotopic (exact) mass is 450 g/mol. The molecule has 0 atom stereocenters. The van der Waals surface area contributed by atoms with Crippen LogP contribution in [0.5, 0.6) is 0 Å². The largest absolute Gasteiger partial charge is 0.391 e. The lowest BCUT2D eigenvalue weighted by atomic mass is 10.1. The number of rotatable bonds is 8. The van der Waals surface area contributed by atoms with E-state index in [1.807, 2.05) is 27.7 Å². The lowest BCUT2D eigenvalue weighted by molar-refractivity contribution is -0.138. The van der Waals surface area contributed by atoms with Crippen molar-refractivity contribution in [3.63, 3.8) is 0 Å². The van der Waals surface area contributed by atoms with E-state index in [0.29, 0.717) is 30.6 Å². The maximum Gasteiger partial charge on any atom is 0.278 e. The molecular formula is C22H38N6O4. The van der Waals surface area contributed by atoms with Crippen LogP contribution < -0.4 is 21.3 Å². The Hall–Kier alpha value is -2.88. The van der Waals surface area contributed by atoms with Gasteiger partial charge >= 0.3 is 0 Å². The standard InChI is InChI=1S/2C11H19N3O2/c1-8(2)14(7-15)11(16)9-6-13-5-4-10(9)12-3;1-8(2)14(7-15)11(16)10-9(12-3)5-4-6-13-10/h2*7-8,12-13H,4-6H2,1-3H3. The number of imide groups is 2. The van der Waals surface area contributed by atoms with Gasteiger partial charge in [-0.05, 0) is 40.5 Å². The maximum absolute atomic E-state index is 12.1. The van der Waals surface area contributed by atoms with Crippen LogP contribution in [-0.4, -0.2) is 80.2 Å². The summed E-state index contributed by atoms with van der Waals surface area (Å²) < 4.78 is 0. The molecule has 180 valence electrons. The van der Waals surface area contributed by atoms with Crippen molar-refractivity contribution in [1.82, 2.24) is 31.1 Å². The molecule has 0 aliphatic carbocycles. The normalized spacial score (nSPS) is 16.0. The van der Waals surface area contributed by atoms with Gasteiger partial charge in [0, 0.05) is 63.6 Å². The number of amides is 4. The van der Waals surface area contributed by atoms with Crippen LogP contribution in [0.15, 0.2) is 22.7 Å².